The molecule has 1 aromatic heterocycles. The normalized spacial score (nSPS) is 10.4. The Kier molecular flexibility index (Phi) is 3.61. The number of hydrogen-bond acceptors (Lipinski definition) is 2. The monoisotopic (exact) mass is 366 g/mol. The summed E-state index contributed by atoms with van der Waals surface area (Å²) in [7, 11) is 0. The zero-order valence-corrected chi connectivity index (χ0v) is 11.6. The van der Waals surface area contributed by atoms with Crippen LogP contribution in [0.2, 0.25) is 4.34 Å². The highest BCUT2D eigenvalue weighted by Crippen LogP contribution is 2.25. The van der Waals surface area contributed by atoms with E-state index < -0.39 is 0 Å². The minimum absolute atomic E-state index is 0.124. The minimum atomic E-state index is -0.342. The molecule has 0 saturated carbocycles. The summed E-state index contributed by atoms with van der Waals surface area (Å²) in [5.41, 5.74) is 0.500. The summed E-state index contributed by atoms with van der Waals surface area (Å²) in [4.78, 5) is 12.6. The second kappa shape index (κ2) is 4.81. The summed E-state index contributed by atoms with van der Waals surface area (Å²) in [5, 5.41) is 0. The first kappa shape index (κ1) is 12.0. The van der Waals surface area contributed by atoms with Crippen LogP contribution in [0.25, 0.3) is 0 Å². The predicted molar refractivity (Wildman–Crippen MR) is 71.9 cm³/mol. The van der Waals surface area contributed by atoms with E-state index in [0.29, 0.717) is 18.3 Å². The summed E-state index contributed by atoms with van der Waals surface area (Å²) in [6, 6.07) is 7.46. The van der Waals surface area contributed by atoms with Gasteiger partial charge >= 0.3 is 0 Å². The van der Waals surface area contributed by atoms with Crippen LogP contribution in [0.4, 0.5) is 4.39 Å². The molecule has 1 aromatic carbocycles. The maximum atomic E-state index is 12.9. The van der Waals surface area contributed by atoms with Crippen molar-refractivity contribution in [3.8, 4) is 0 Å². The van der Waals surface area contributed by atoms with Gasteiger partial charge in [-0.3, -0.25) is 4.79 Å². The third kappa shape index (κ3) is 2.44. The minimum Gasteiger partial charge on any atom is -0.288 e. The summed E-state index contributed by atoms with van der Waals surface area (Å²) in [6.07, 6.45) is 0. The Bertz CT molecular complexity index is 553. The van der Waals surface area contributed by atoms with Crippen LogP contribution in [0, 0.1) is 9.39 Å². The Labute approximate surface area is 114 Å². The lowest BCUT2D eigenvalue weighted by molar-refractivity contribution is 0.104. The Balaban J connectivity index is 2.41. The van der Waals surface area contributed by atoms with Gasteiger partial charge in [-0.05, 0) is 52.9 Å². The van der Waals surface area contributed by atoms with Gasteiger partial charge in [-0.15, -0.1) is 11.3 Å². The fraction of sp³-hybridized carbons (Fsp3) is 0. The molecule has 1 heterocycles. The maximum Gasteiger partial charge on any atom is 0.204 e. The molecule has 0 unspecified atom stereocenters. The second-order valence-corrected chi connectivity index (χ2v) is 5.93. The molecule has 1 nitrogen and oxygen atoms in total. The molecule has 2 rings (SSSR count). The largest absolute Gasteiger partial charge is 0.288 e. The molecule has 0 aliphatic heterocycles. The summed E-state index contributed by atoms with van der Waals surface area (Å²) >= 11 is 8.93. The second-order valence-electron chi connectivity index (χ2n) is 3.06. The molecule has 0 atom stereocenters. The van der Waals surface area contributed by atoms with Crippen molar-refractivity contribution in [3.63, 3.8) is 0 Å². The van der Waals surface area contributed by atoms with Crippen LogP contribution in [-0.4, -0.2) is 5.78 Å². The Morgan fingerprint density at radius 1 is 1.31 bits per heavy atom. The molecular formula is C11H5ClFIOS. The molecule has 5 heteroatoms. The first-order valence-corrected chi connectivity index (χ1v) is 6.60. The van der Waals surface area contributed by atoms with Crippen LogP contribution in [0.5, 0.6) is 0 Å². The zero-order valence-electron chi connectivity index (χ0n) is 7.84. The van der Waals surface area contributed by atoms with Crippen LogP contribution >= 0.6 is 45.5 Å². The molecule has 0 saturated heterocycles. The fourth-order valence-electron chi connectivity index (χ4n) is 1.24. The third-order valence-corrected chi connectivity index (χ3v) is 4.10. The maximum absolute atomic E-state index is 12.9. The van der Waals surface area contributed by atoms with E-state index in [0.717, 1.165) is 0 Å². The topological polar surface area (TPSA) is 17.1 Å². The molecule has 0 N–H and O–H groups in total. The van der Waals surface area contributed by atoms with Crippen molar-refractivity contribution in [2.24, 2.45) is 0 Å². The van der Waals surface area contributed by atoms with Gasteiger partial charge in [0.25, 0.3) is 0 Å². The van der Waals surface area contributed by atoms with Crippen LogP contribution in [0.15, 0.2) is 30.3 Å². The van der Waals surface area contributed by atoms with Crippen molar-refractivity contribution in [2.45, 2.75) is 0 Å². The SMILES string of the molecule is O=C(c1ccc(Cl)s1)c1ccc(F)cc1I. The van der Waals surface area contributed by atoms with Gasteiger partial charge in [0.15, 0.2) is 0 Å². The highest BCUT2D eigenvalue weighted by Gasteiger charge is 2.14. The number of carbonyl (C=O) groups excluding carboxylic acids is 1. The Morgan fingerprint density at radius 3 is 2.62 bits per heavy atom. The van der Waals surface area contributed by atoms with Crippen molar-refractivity contribution < 1.29 is 9.18 Å². The van der Waals surface area contributed by atoms with Crippen molar-refractivity contribution in [3.05, 3.63) is 54.5 Å². The smallest absolute Gasteiger partial charge is 0.204 e. The van der Waals surface area contributed by atoms with E-state index in [4.69, 9.17) is 11.6 Å². The van der Waals surface area contributed by atoms with Crippen molar-refractivity contribution in [1.29, 1.82) is 0 Å². The van der Waals surface area contributed by atoms with Gasteiger partial charge in [0, 0.05) is 9.13 Å². The molecule has 0 aliphatic carbocycles. The van der Waals surface area contributed by atoms with E-state index in [9.17, 15) is 9.18 Å². The lowest BCUT2D eigenvalue weighted by Gasteiger charge is -2.01. The van der Waals surface area contributed by atoms with Gasteiger partial charge in [-0.25, -0.2) is 4.39 Å². The predicted octanol–water partition coefficient (Wildman–Crippen LogP) is 4.38. The fourth-order valence-corrected chi connectivity index (χ4v) is 2.96. The molecule has 0 radical (unpaired) electrons. The van der Waals surface area contributed by atoms with E-state index >= 15 is 0 Å². The van der Waals surface area contributed by atoms with Crippen LogP contribution in [-0.2, 0) is 0 Å². The van der Waals surface area contributed by atoms with Crippen LogP contribution < -0.4 is 0 Å². The zero-order chi connectivity index (χ0) is 11.7. The van der Waals surface area contributed by atoms with Gasteiger partial charge < -0.3 is 0 Å². The van der Waals surface area contributed by atoms with Crippen LogP contribution in [0.1, 0.15) is 15.2 Å². The van der Waals surface area contributed by atoms with Crippen molar-refractivity contribution in [1.82, 2.24) is 0 Å². The number of carbonyl (C=O) groups is 1. The van der Waals surface area contributed by atoms with E-state index in [-0.39, 0.29) is 11.6 Å². The summed E-state index contributed by atoms with van der Waals surface area (Å²) in [5.74, 6) is -0.466. The number of ketones is 1. The number of thiophene rings is 1. The van der Waals surface area contributed by atoms with Gasteiger partial charge in [-0.1, -0.05) is 11.6 Å². The van der Waals surface area contributed by atoms with E-state index in [1.807, 2.05) is 22.6 Å². The van der Waals surface area contributed by atoms with Gasteiger partial charge in [0.1, 0.15) is 5.82 Å². The first-order chi connectivity index (χ1) is 7.58. The molecule has 0 amide bonds. The van der Waals surface area contributed by atoms with Gasteiger partial charge in [0.2, 0.25) is 5.78 Å². The Morgan fingerprint density at radius 2 is 2.06 bits per heavy atom. The molecule has 0 fully saturated rings. The molecule has 0 spiro atoms. The summed E-state index contributed by atoms with van der Waals surface area (Å²) < 4.78 is 14.1. The van der Waals surface area contributed by atoms with E-state index in [2.05, 4.69) is 0 Å². The average molecular weight is 367 g/mol. The molecular weight excluding hydrogens is 362 g/mol. The molecule has 2 aromatic rings. The van der Waals surface area contributed by atoms with Gasteiger partial charge in [-0.2, -0.15) is 0 Å². The van der Waals surface area contributed by atoms with Crippen LogP contribution in [0.3, 0.4) is 0 Å². The quantitative estimate of drug-likeness (QED) is 0.569. The van der Waals surface area contributed by atoms with E-state index in [1.54, 1.807) is 12.1 Å². The lowest BCUT2D eigenvalue weighted by atomic mass is 10.1. The van der Waals surface area contributed by atoms with Crippen molar-refractivity contribution in [2.75, 3.05) is 0 Å². The average Bonchev–Trinajstić information content (AvgIpc) is 2.64. The van der Waals surface area contributed by atoms with E-state index in [1.165, 1.54) is 29.5 Å². The summed E-state index contributed by atoms with van der Waals surface area (Å²) in [6.45, 7) is 0. The highest BCUT2D eigenvalue weighted by molar-refractivity contribution is 14.1. The van der Waals surface area contributed by atoms with Crippen molar-refractivity contribution >= 4 is 51.3 Å². The number of hydrogen-bond donors (Lipinski definition) is 0. The molecule has 0 aliphatic rings. The molecule has 0 bridgehead atoms. The standard InChI is InChI=1S/C11H5ClFIOS/c12-10-4-3-9(16-10)11(15)7-2-1-6(13)5-8(7)14/h1-5H. The number of halogens is 3. The first-order valence-electron chi connectivity index (χ1n) is 4.33. The highest BCUT2D eigenvalue weighted by atomic mass is 127. The lowest BCUT2D eigenvalue weighted by Crippen LogP contribution is -2.01. The third-order valence-electron chi connectivity index (χ3n) is 1.97. The Hall–Kier alpha value is -0.460. The molecule has 82 valence electrons. The number of rotatable bonds is 2. The number of benzene rings is 1. The van der Waals surface area contributed by atoms with Gasteiger partial charge in [0.05, 0.1) is 9.21 Å². The molecule has 16 heavy (non-hydrogen) atoms.